The Morgan fingerprint density at radius 2 is 1.83 bits per heavy atom. The summed E-state index contributed by atoms with van der Waals surface area (Å²) < 4.78 is 65.4. The average Bonchev–Trinajstić information content (AvgIpc) is 2.75. The Labute approximate surface area is 131 Å². The molecular weight excluding hydrogens is 337 g/mol. The summed E-state index contributed by atoms with van der Waals surface area (Å²) in [6.07, 6.45) is -4.91. The van der Waals surface area contributed by atoms with Gasteiger partial charge in [0.25, 0.3) is 0 Å². The van der Waals surface area contributed by atoms with E-state index in [-0.39, 0.29) is 42.2 Å². The third kappa shape index (κ3) is 3.23. The van der Waals surface area contributed by atoms with Crippen molar-refractivity contribution in [2.75, 3.05) is 13.1 Å². The molecule has 1 N–H and O–H groups in total. The Kier molecular flexibility index (Phi) is 4.51. The van der Waals surface area contributed by atoms with Crippen molar-refractivity contribution >= 4 is 16.0 Å². The molecule has 1 fully saturated rings. The van der Waals surface area contributed by atoms with Gasteiger partial charge in [0.05, 0.1) is 5.92 Å². The van der Waals surface area contributed by atoms with Crippen molar-refractivity contribution in [2.45, 2.75) is 30.8 Å². The average molecular weight is 354 g/mol. The van der Waals surface area contributed by atoms with E-state index in [4.69, 9.17) is 5.11 Å². The molecule has 0 atom stereocenters. The molecule has 6 nitrogen and oxygen atoms in total. The van der Waals surface area contributed by atoms with Crippen LogP contribution in [-0.2, 0) is 17.1 Å². The third-order valence-electron chi connectivity index (χ3n) is 4.24. The van der Waals surface area contributed by atoms with Crippen LogP contribution in [0.5, 0.6) is 0 Å². The Morgan fingerprint density at radius 3 is 2.22 bits per heavy atom. The normalized spacial score (nSPS) is 18.3. The molecule has 130 valence electrons. The minimum absolute atomic E-state index is 0.178. The summed E-state index contributed by atoms with van der Waals surface area (Å²) in [6, 6.07) is 1.04. The van der Waals surface area contributed by atoms with Crippen LogP contribution in [0.2, 0.25) is 0 Å². The van der Waals surface area contributed by atoms with Crippen molar-refractivity contribution in [3.8, 4) is 0 Å². The first kappa shape index (κ1) is 17.8. The van der Waals surface area contributed by atoms with Gasteiger partial charge in [0, 0.05) is 25.8 Å². The summed E-state index contributed by atoms with van der Waals surface area (Å²) in [5, 5.41) is 9.05. The highest BCUT2D eigenvalue weighted by Gasteiger charge is 2.43. The van der Waals surface area contributed by atoms with Crippen molar-refractivity contribution in [3.05, 3.63) is 17.5 Å². The molecule has 0 aliphatic carbocycles. The maximum Gasteiger partial charge on any atom is 0.391 e. The van der Waals surface area contributed by atoms with Gasteiger partial charge in [-0.3, -0.25) is 0 Å². The van der Waals surface area contributed by atoms with Crippen LogP contribution in [0.1, 0.15) is 29.0 Å². The maximum absolute atomic E-state index is 12.7. The first-order chi connectivity index (χ1) is 10.5. The van der Waals surface area contributed by atoms with E-state index < -0.39 is 28.1 Å². The highest BCUT2D eigenvalue weighted by Crippen LogP contribution is 2.36. The molecule has 0 spiro atoms. The topological polar surface area (TPSA) is 79.6 Å². The molecule has 23 heavy (non-hydrogen) atoms. The number of piperidine rings is 1. The second kappa shape index (κ2) is 5.82. The lowest BCUT2D eigenvalue weighted by molar-refractivity contribution is -0.182. The molecular formula is C13H17F3N2O4S. The largest absolute Gasteiger partial charge is 0.477 e. The minimum Gasteiger partial charge on any atom is -0.477 e. The molecule has 1 aromatic heterocycles. The van der Waals surface area contributed by atoms with Gasteiger partial charge in [-0.05, 0) is 25.8 Å². The number of hydrogen-bond acceptors (Lipinski definition) is 3. The van der Waals surface area contributed by atoms with Crippen molar-refractivity contribution in [3.63, 3.8) is 0 Å². The molecule has 0 bridgehead atoms. The van der Waals surface area contributed by atoms with Crippen LogP contribution in [0.25, 0.3) is 0 Å². The molecule has 0 amide bonds. The van der Waals surface area contributed by atoms with E-state index in [0.717, 1.165) is 10.4 Å². The van der Waals surface area contributed by atoms with Gasteiger partial charge >= 0.3 is 12.1 Å². The van der Waals surface area contributed by atoms with E-state index in [9.17, 15) is 26.4 Å². The number of sulfonamides is 1. The smallest absolute Gasteiger partial charge is 0.391 e. The van der Waals surface area contributed by atoms with Crippen LogP contribution in [0, 0.1) is 12.8 Å². The van der Waals surface area contributed by atoms with Crippen LogP contribution in [0.4, 0.5) is 13.2 Å². The molecule has 2 rings (SSSR count). The number of aromatic carboxylic acids is 1. The fourth-order valence-corrected chi connectivity index (χ4v) is 4.44. The second-order valence-electron chi connectivity index (χ2n) is 5.56. The van der Waals surface area contributed by atoms with Gasteiger partial charge in [0.2, 0.25) is 10.0 Å². The summed E-state index contributed by atoms with van der Waals surface area (Å²) in [5.41, 5.74) is 0.0478. The molecule has 0 radical (unpaired) electrons. The van der Waals surface area contributed by atoms with Crippen LogP contribution in [0.3, 0.4) is 0 Å². The van der Waals surface area contributed by atoms with Crippen molar-refractivity contribution < 1.29 is 31.5 Å². The zero-order valence-corrected chi connectivity index (χ0v) is 13.4. The van der Waals surface area contributed by atoms with Crippen molar-refractivity contribution in [2.24, 2.45) is 13.0 Å². The number of nitrogens with zero attached hydrogens (tertiary/aromatic N) is 2. The number of alkyl halides is 3. The summed E-state index contributed by atoms with van der Waals surface area (Å²) >= 11 is 0. The third-order valence-corrected chi connectivity index (χ3v) is 6.26. The van der Waals surface area contributed by atoms with E-state index in [1.807, 2.05) is 0 Å². The molecule has 2 heterocycles. The fraction of sp³-hybridized carbons (Fsp3) is 0.615. The standard InChI is InChI=1S/C13H17F3N2O4S/c1-8-11(7-10(12(19)20)17(8)2)23(21,22)18-5-3-9(4-6-18)13(14,15)16/h7,9H,3-6H2,1-2H3,(H,19,20). The molecule has 0 aromatic carbocycles. The van der Waals surface area contributed by atoms with Crippen LogP contribution >= 0.6 is 0 Å². The fourth-order valence-electron chi connectivity index (χ4n) is 2.70. The number of carboxylic acid groups (broad SMARTS) is 1. The zero-order chi connectivity index (χ0) is 17.6. The quantitative estimate of drug-likeness (QED) is 0.900. The monoisotopic (exact) mass is 354 g/mol. The summed E-state index contributed by atoms with van der Waals surface area (Å²) in [6.45, 7) is 0.994. The lowest BCUT2D eigenvalue weighted by atomic mass is 9.98. The number of aromatic nitrogens is 1. The molecule has 1 aliphatic rings. The Balaban J connectivity index is 2.28. The maximum atomic E-state index is 12.7. The first-order valence-electron chi connectivity index (χ1n) is 6.92. The van der Waals surface area contributed by atoms with Gasteiger partial charge in [-0.1, -0.05) is 0 Å². The van der Waals surface area contributed by atoms with Crippen LogP contribution in [0.15, 0.2) is 11.0 Å². The van der Waals surface area contributed by atoms with Crippen LogP contribution < -0.4 is 0 Å². The van der Waals surface area contributed by atoms with Gasteiger partial charge in [0.1, 0.15) is 10.6 Å². The van der Waals surface area contributed by atoms with Gasteiger partial charge in [-0.25, -0.2) is 13.2 Å². The number of rotatable bonds is 3. The van der Waals surface area contributed by atoms with E-state index in [2.05, 4.69) is 0 Å². The number of carboxylic acids is 1. The highest BCUT2D eigenvalue weighted by molar-refractivity contribution is 7.89. The Morgan fingerprint density at radius 1 is 1.30 bits per heavy atom. The van der Waals surface area contributed by atoms with E-state index >= 15 is 0 Å². The summed E-state index contributed by atoms with van der Waals surface area (Å²) in [5.74, 6) is -2.77. The van der Waals surface area contributed by atoms with Crippen molar-refractivity contribution in [1.29, 1.82) is 0 Å². The van der Waals surface area contributed by atoms with E-state index in [0.29, 0.717) is 0 Å². The summed E-state index contributed by atoms with van der Waals surface area (Å²) in [4.78, 5) is 10.9. The SMILES string of the molecule is Cc1c(S(=O)(=O)N2CCC(C(F)(F)F)CC2)cc(C(=O)O)n1C. The van der Waals surface area contributed by atoms with Gasteiger partial charge < -0.3 is 9.67 Å². The number of halogens is 3. The lowest BCUT2D eigenvalue weighted by Crippen LogP contribution is -2.42. The van der Waals surface area contributed by atoms with E-state index in [1.54, 1.807) is 0 Å². The van der Waals surface area contributed by atoms with Crippen molar-refractivity contribution in [1.82, 2.24) is 8.87 Å². The van der Waals surface area contributed by atoms with Gasteiger partial charge in [-0.15, -0.1) is 0 Å². The molecule has 10 heteroatoms. The summed E-state index contributed by atoms with van der Waals surface area (Å²) in [7, 11) is -2.59. The van der Waals surface area contributed by atoms with E-state index in [1.165, 1.54) is 18.5 Å². The van der Waals surface area contributed by atoms with Gasteiger partial charge in [0.15, 0.2) is 0 Å². The molecule has 1 aromatic rings. The predicted octanol–water partition coefficient (Wildman–Crippen LogP) is 1.99. The lowest BCUT2D eigenvalue weighted by Gasteiger charge is -2.32. The second-order valence-corrected chi connectivity index (χ2v) is 7.47. The predicted molar refractivity (Wildman–Crippen MR) is 74.6 cm³/mol. The molecule has 1 aliphatic heterocycles. The molecule has 0 saturated carbocycles. The Hall–Kier alpha value is -1.55. The zero-order valence-electron chi connectivity index (χ0n) is 12.6. The first-order valence-corrected chi connectivity index (χ1v) is 8.36. The number of carbonyl (C=O) groups is 1. The number of hydrogen-bond donors (Lipinski definition) is 1. The Bertz CT molecular complexity index is 716. The minimum atomic E-state index is -4.32. The molecule has 0 unspecified atom stereocenters. The highest BCUT2D eigenvalue weighted by atomic mass is 32.2. The molecule has 1 saturated heterocycles. The van der Waals surface area contributed by atoms with Crippen LogP contribution in [-0.4, -0.2) is 47.6 Å². The van der Waals surface area contributed by atoms with Gasteiger partial charge in [-0.2, -0.15) is 17.5 Å².